The van der Waals surface area contributed by atoms with Crippen molar-refractivity contribution in [3.05, 3.63) is 29.3 Å². The van der Waals surface area contributed by atoms with Crippen molar-refractivity contribution < 1.29 is 4.42 Å². The number of fused-ring (bicyclic) bond motifs is 1. The van der Waals surface area contributed by atoms with E-state index in [4.69, 9.17) is 10.2 Å². The summed E-state index contributed by atoms with van der Waals surface area (Å²) < 4.78 is 6.27. The van der Waals surface area contributed by atoms with E-state index in [-0.39, 0.29) is 0 Å². The van der Waals surface area contributed by atoms with Gasteiger partial charge in [-0.05, 0) is 18.2 Å². The predicted molar refractivity (Wildman–Crippen MR) is 65.0 cm³/mol. The zero-order valence-corrected chi connectivity index (χ0v) is 9.54. The van der Waals surface area contributed by atoms with Gasteiger partial charge in [-0.25, -0.2) is 0 Å². The van der Waals surface area contributed by atoms with Crippen molar-refractivity contribution in [3.63, 3.8) is 0 Å². The van der Waals surface area contributed by atoms with Gasteiger partial charge in [-0.2, -0.15) is 4.98 Å². The van der Waals surface area contributed by atoms with Crippen LogP contribution in [0.4, 0.5) is 11.7 Å². The summed E-state index contributed by atoms with van der Waals surface area (Å²) in [5, 5.41) is 2.99. The molecule has 3 N–H and O–H groups in total. The molecule has 78 valence electrons. The van der Waals surface area contributed by atoms with Gasteiger partial charge in [0.2, 0.25) is 0 Å². The minimum atomic E-state index is 0.469. The van der Waals surface area contributed by atoms with Gasteiger partial charge in [0.1, 0.15) is 5.52 Å². The van der Waals surface area contributed by atoms with E-state index in [1.54, 1.807) is 18.2 Å². The molecule has 0 aliphatic carbocycles. The lowest BCUT2D eigenvalue weighted by molar-refractivity contribution is 0.618. The molecule has 0 spiro atoms. The summed E-state index contributed by atoms with van der Waals surface area (Å²) in [5.74, 6) is 0. The summed E-state index contributed by atoms with van der Waals surface area (Å²) in [7, 11) is 0. The van der Waals surface area contributed by atoms with Gasteiger partial charge >= 0.3 is 0 Å². The van der Waals surface area contributed by atoms with Gasteiger partial charge < -0.3 is 15.5 Å². The van der Waals surface area contributed by atoms with E-state index >= 15 is 0 Å². The minimum Gasteiger partial charge on any atom is -0.424 e. The van der Waals surface area contributed by atoms with Gasteiger partial charge in [0.05, 0.1) is 6.54 Å². The standard InChI is InChI=1S/C10H10BrN3O/c1-6(11)5-13-10-14-8-4-7(12)2-3-9(8)15-10/h2-4H,1,5,12H2,(H,13,14). The number of nitrogen functional groups attached to an aromatic ring is 1. The number of anilines is 2. The molecule has 0 radical (unpaired) electrons. The number of halogens is 1. The first-order chi connectivity index (χ1) is 7.15. The Bertz CT molecular complexity index is 506. The van der Waals surface area contributed by atoms with Crippen LogP contribution in [0.3, 0.4) is 0 Å². The summed E-state index contributed by atoms with van der Waals surface area (Å²) in [5.41, 5.74) is 7.77. The fourth-order valence-electron chi connectivity index (χ4n) is 1.19. The Balaban J connectivity index is 2.27. The zero-order chi connectivity index (χ0) is 10.8. The first kappa shape index (κ1) is 10.0. The first-order valence-corrected chi connectivity index (χ1v) is 5.17. The highest BCUT2D eigenvalue weighted by molar-refractivity contribution is 9.11. The molecule has 0 aliphatic heterocycles. The number of nitrogens with two attached hydrogens (primary N) is 1. The fourth-order valence-corrected chi connectivity index (χ4v) is 1.33. The molecule has 2 aromatic rings. The highest BCUT2D eigenvalue weighted by Crippen LogP contribution is 2.21. The van der Waals surface area contributed by atoms with Crippen molar-refractivity contribution in [2.45, 2.75) is 0 Å². The maximum atomic E-state index is 5.63. The van der Waals surface area contributed by atoms with Gasteiger partial charge in [0.15, 0.2) is 5.58 Å². The molecule has 1 heterocycles. The van der Waals surface area contributed by atoms with Crippen molar-refractivity contribution >= 4 is 38.7 Å². The average Bonchev–Trinajstić information content (AvgIpc) is 2.56. The third kappa shape index (κ3) is 2.30. The van der Waals surface area contributed by atoms with Crippen LogP contribution < -0.4 is 11.1 Å². The quantitative estimate of drug-likeness (QED) is 0.840. The monoisotopic (exact) mass is 267 g/mol. The normalized spacial score (nSPS) is 10.5. The SMILES string of the molecule is C=C(Br)CNc1nc2cc(N)ccc2o1. The summed E-state index contributed by atoms with van der Waals surface area (Å²) in [6.45, 7) is 4.27. The van der Waals surface area contributed by atoms with Crippen LogP contribution in [0.5, 0.6) is 0 Å². The van der Waals surface area contributed by atoms with E-state index in [0.29, 0.717) is 23.8 Å². The fraction of sp³-hybridized carbons (Fsp3) is 0.100. The topological polar surface area (TPSA) is 64.1 Å². The van der Waals surface area contributed by atoms with E-state index in [2.05, 4.69) is 32.8 Å². The highest BCUT2D eigenvalue weighted by Gasteiger charge is 2.04. The smallest absolute Gasteiger partial charge is 0.295 e. The second kappa shape index (κ2) is 3.94. The van der Waals surface area contributed by atoms with E-state index in [9.17, 15) is 0 Å². The molecule has 0 fully saturated rings. The Kier molecular flexibility index (Phi) is 2.64. The molecule has 15 heavy (non-hydrogen) atoms. The van der Waals surface area contributed by atoms with E-state index in [0.717, 1.165) is 10.00 Å². The van der Waals surface area contributed by atoms with E-state index < -0.39 is 0 Å². The molecular formula is C10H10BrN3O. The van der Waals surface area contributed by atoms with Crippen LogP contribution in [0.2, 0.25) is 0 Å². The second-order valence-electron chi connectivity index (χ2n) is 3.12. The summed E-state index contributed by atoms with van der Waals surface area (Å²) >= 11 is 3.24. The Labute approximate surface area is 95.3 Å². The van der Waals surface area contributed by atoms with Crippen molar-refractivity contribution in [1.29, 1.82) is 0 Å². The lowest BCUT2D eigenvalue weighted by atomic mass is 10.3. The number of aromatic nitrogens is 1. The van der Waals surface area contributed by atoms with Crippen LogP contribution in [0.25, 0.3) is 11.1 Å². The number of nitrogens with zero attached hydrogens (tertiary/aromatic N) is 1. The van der Waals surface area contributed by atoms with Gasteiger partial charge in [0, 0.05) is 10.2 Å². The Hall–Kier alpha value is -1.49. The third-order valence-electron chi connectivity index (χ3n) is 1.84. The average molecular weight is 268 g/mol. The lowest BCUT2D eigenvalue weighted by Gasteiger charge is -1.96. The molecule has 1 aromatic carbocycles. The Morgan fingerprint density at radius 3 is 3.13 bits per heavy atom. The van der Waals surface area contributed by atoms with Crippen LogP contribution >= 0.6 is 15.9 Å². The van der Waals surface area contributed by atoms with Gasteiger partial charge in [-0.15, -0.1) is 0 Å². The Morgan fingerprint density at radius 1 is 1.60 bits per heavy atom. The molecule has 0 amide bonds. The van der Waals surface area contributed by atoms with E-state index in [1.165, 1.54) is 0 Å². The number of hydrogen-bond donors (Lipinski definition) is 2. The van der Waals surface area contributed by atoms with Gasteiger partial charge in [-0.3, -0.25) is 0 Å². The van der Waals surface area contributed by atoms with Crippen LogP contribution in [0, 0.1) is 0 Å². The molecule has 0 bridgehead atoms. The molecule has 0 aliphatic rings. The van der Waals surface area contributed by atoms with Gasteiger partial charge in [0.25, 0.3) is 6.01 Å². The zero-order valence-electron chi connectivity index (χ0n) is 7.96. The predicted octanol–water partition coefficient (Wildman–Crippen LogP) is 2.73. The molecule has 5 heteroatoms. The lowest BCUT2D eigenvalue weighted by Crippen LogP contribution is -2.00. The van der Waals surface area contributed by atoms with Crippen LogP contribution in [0.1, 0.15) is 0 Å². The molecule has 0 unspecified atom stereocenters. The van der Waals surface area contributed by atoms with Crippen molar-refractivity contribution in [3.8, 4) is 0 Å². The summed E-state index contributed by atoms with van der Waals surface area (Å²) in [4.78, 5) is 4.23. The molecule has 1 aromatic heterocycles. The molecular weight excluding hydrogens is 258 g/mol. The van der Waals surface area contributed by atoms with Crippen LogP contribution in [-0.2, 0) is 0 Å². The first-order valence-electron chi connectivity index (χ1n) is 4.38. The number of benzene rings is 1. The number of rotatable bonds is 3. The van der Waals surface area contributed by atoms with E-state index in [1.807, 2.05) is 0 Å². The number of oxazole rings is 1. The van der Waals surface area contributed by atoms with Crippen LogP contribution in [-0.4, -0.2) is 11.5 Å². The molecule has 4 nitrogen and oxygen atoms in total. The summed E-state index contributed by atoms with van der Waals surface area (Å²) in [6.07, 6.45) is 0. The summed E-state index contributed by atoms with van der Waals surface area (Å²) in [6, 6.07) is 5.82. The number of hydrogen-bond acceptors (Lipinski definition) is 4. The maximum absolute atomic E-state index is 5.63. The minimum absolute atomic E-state index is 0.469. The molecule has 0 atom stereocenters. The van der Waals surface area contributed by atoms with Crippen LogP contribution in [0.15, 0.2) is 33.7 Å². The molecule has 0 saturated carbocycles. The highest BCUT2D eigenvalue weighted by atomic mass is 79.9. The van der Waals surface area contributed by atoms with Crippen molar-refractivity contribution in [1.82, 2.24) is 4.98 Å². The van der Waals surface area contributed by atoms with Gasteiger partial charge in [-0.1, -0.05) is 22.5 Å². The largest absolute Gasteiger partial charge is 0.424 e. The van der Waals surface area contributed by atoms with Crippen molar-refractivity contribution in [2.24, 2.45) is 0 Å². The maximum Gasteiger partial charge on any atom is 0.295 e. The Morgan fingerprint density at radius 2 is 2.40 bits per heavy atom. The number of nitrogens with one attached hydrogen (secondary N) is 1. The molecule has 2 rings (SSSR count). The molecule has 0 saturated heterocycles. The third-order valence-corrected chi connectivity index (χ3v) is 2.12. The second-order valence-corrected chi connectivity index (χ2v) is 4.24. The van der Waals surface area contributed by atoms with Crippen molar-refractivity contribution in [2.75, 3.05) is 17.6 Å².